The summed E-state index contributed by atoms with van der Waals surface area (Å²) in [6, 6.07) is 9.94. The summed E-state index contributed by atoms with van der Waals surface area (Å²) >= 11 is 0. The van der Waals surface area contributed by atoms with Gasteiger partial charge in [0.1, 0.15) is 0 Å². The topological polar surface area (TPSA) is 69.9 Å². The number of hydrogen-bond acceptors (Lipinski definition) is 4. The molecule has 3 heterocycles. The van der Waals surface area contributed by atoms with Gasteiger partial charge in [0.15, 0.2) is 11.7 Å². The fourth-order valence-corrected chi connectivity index (χ4v) is 3.97. The van der Waals surface area contributed by atoms with Crippen molar-refractivity contribution in [2.75, 3.05) is 39.3 Å². The van der Waals surface area contributed by atoms with Crippen LogP contribution in [-0.2, 0) is 11.2 Å². The number of nitrogens with zero attached hydrogens (tertiary/aromatic N) is 4. The van der Waals surface area contributed by atoms with Crippen LogP contribution >= 0.6 is 0 Å². The van der Waals surface area contributed by atoms with Gasteiger partial charge in [-0.15, -0.1) is 0 Å². The number of urea groups is 1. The van der Waals surface area contributed by atoms with Gasteiger partial charge in [0.25, 0.3) is 0 Å². The van der Waals surface area contributed by atoms with Crippen molar-refractivity contribution in [2.24, 2.45) is 0 Å². The summed E-state index contributed by atoms with van der Waals surface area (Å²) in [4.78, 5) is 35.1. The Kier molecular flexibility index (Phi) is 6.12. The molecule has 0 atom stereocenters. The second-order valence-electron chi connectivity index (χ2n) is 7.68. The van der Waals surface area contributed by atoms with Crippen LogP contribution in [0.1, 0.15) is 31.6 Å². The first-order valence-electron chi connectivity index (χ1n) is 10.5. The van der Waals surface area contributed by atoms with Gasteiger partial charge in [-0.25, -0.2) is 9.78 Å². The molecule has 2 saturated heterocycles. The van der Waals surface area contributed by atoms with Crippen molar-refractivity contribution in [2.45, 2.75) is 32.1 Å². The highest BCUT2D eigenvalue weighted by Crippen LogP contribution is 2.20. The molecule has 7 nitrogen and oxygen atoms in total. The average molecular weight is 396 g/mol. The lowest BCUT2D eigenvalue weighted by Crippen LogP contribution is -2.54. The summed E-state index contributed by atoms with van der Waals surface area (Å²) in [6.07, 6.45) is 5.96. The number of benzene rings is 1. The number of aryl methyl sites for hydroxylation is 1. The van der Waals surface area contributed by atoms with E-state index in [9.17, 15) is 9.59 Å². The molecule has 3 amide bonds. The van der Waals surface area contributed by atoms with Crippen molar-refractivity contribution in [3.63, 3.8) is 0 Å². The van der Waals surface area contributed by atoms with Crippen LogP contribution in [0.4, 0.5) is 4.79 Å². The predicted molar refractivity (Wildman–Crippen MR) is 109 cm³/mol. The number of rotatable bonds is 4. The van der Waals surface area contributed by atoms with Crippen LogP contribution in [-0.4, -0.2) is 70.9 Å². The molecule has 0 bridgehead atoms. The van der Waals surface area contributed by atoms with Crippen LogP contribution in [0.3, 0.4) is 0 Å². The zero-order valence-electron chi connectivity index (χ0n) is 16.8. The zero-order valence-corrected chi connectivity index (χ0v) is 16.8. The van der Waals surface area contributed by atoms with E-state index in [4.69, 9.17) is 4.42 Å². The monoisotopic (exact) mass is 396 g/mol. The summed E-state index contributed by atoms with van der Waals surface area (Å²) in [5.41, 5.74) is 0.979. The molecule has 0 aliphatic carbocycles. The number of hydrogen-bond donors (Lipinski definition) is 0. The van der Waals surface area contributed by atoms with Gasteiger partial charge in [0, 0.05) is 57.7 Å². The number of likely N-dealkylation sites (tertiary alicyclic amines) is 1. The van der Waals surface area contributed by atoms with Crippen LogP contribution < -0.4 is 0 Å². The molecule has 0 radical (unpaired) electrons. The van der Waals surface area contributed by atoms with Gasteiger partial charge < -0.3 is 19.1 Å². The molecule has 2 aliphatic rings. The van der Waals surface area contributed by atoms with Gasteiger partial charge in [-0.1, -0.05) is 30.3 Å². The van der Waals surface area contributed by atoms with Crippen LogP contribution in [0.25, 0.3) is 11.3 Å². The maximum atomic E-state index is 12.6. The number of aromatic nitrogens is 1. The SMILES string of the molecule is O=C(CCc1ncc(-c2ccccc2)o1)N1CCN(C(=O)N2CCCCC2)CC1. The lowest BCUT2D eigenvalue weighted by Gasteiger charge is -2.38. The number of oxazole rings is 1. The number of carbonyl (C=O) groups excluding carboxylic acids is 2. The number of carbonyl (C=O) groups is 2. The minimum atomic E-state index is 0.0922. The van der Waals surface area contributed by atoms with E-state index in [-0.39, 0.29) is 11.9 Å². The molecular formula is C22H28N4O3. The van der Waals surface area contributed by atoms with Crippen molar-refractivity contribution < 1.29 is 14.0 Å². The second-order valence-corrected chi connectivity index (χ2v) is 7.68. The second kappa shape index (κ2) is 9.11. The Hall–Kier alpha value is -2.83. The summed E-state index contributed by atoms with van der Waals surface area (Å²) in [5.74, 6) is 1.39. The molecule has 154 valence electrons. The van der Waals surface area contributed by atoms with Crippen molar-refractivity contribution >= 4 is 11.9 Å². The Bertz CT molecular complexity index is 822. The Morgan fingerprint density at radius 1 is 0.862 bits per heavy atom. The van der Waals surface area contributed by atoms with Crippen LogP contribution in [0.15, 0.2) is 40.9 Å². The average Bonchev–Trinajstić information content (AvgIpc) is 3.27. The van der Waals surface area contributed by atoms with E-state index in [2.05, 4.69) is 4.98 Å². The van der Waals surface area contributed by atoms with Crippen LogP contribution in [0.2, 0.25) is 0 Å². The van der Waals surface area contributed by atoms with Crippen LogP contribution in [0.5, 0.6) is 0 Å². The first-order chi connectivity index (χ1) is 14.2. The highest BCUT2D eigenvalue weighted by Gasteiger charge is 2.27. The predicted octanol–water partition coefficient (Wildman–Crippen LogP) is 3.02. The molecule has 0 saturated carbocycles. The summed E-state index contributed by atoms with van der Waals surface area (Å²) < 4.78 is 5.78. The Morgan fingerprint density at radius 3 is 2.24 bits per heavy atom. The van der Waals surface area contributed by atoms with E-state index in [1.165, 1.54) is 6.42 Å². The quantitative estimate of drug-likeness (QED) is 0.797. The molecule has 1 aromatic heterocycles. The number of piperidine rings is 1. The minimum absolute atomic E-state index is 0.0922. The van der Waals surface area contributed by atoms with E-state index >= 15 is 0 Å². The number of piperazine rings is 1. The van der Waals surface area contributed by atoms with Gasteiger partial charge in [-0.3, -0.25) is 4.79 Å². The molecule has 2 aliphatic heterocycles. The van der Waals surface area contributed by atoms with Gasteiger partial charge in [-0.05, 0) is 19.3 Å². The zero-order chi connectivity index (χ0) is 20.1. The summed E-state index contributed by atoms with van der Waals surface area (Å²) in [5, 5.41) is 0. The highest BCUT2D eigenvalue weighted by molar-refractivity contribution is 5.78. The third-order valence-electron chi connectivity index (χ3n) is 5.69. The molecule has 7 heteroatoms. The van der Waals surface area contributed by atoms with Gasteiger partial charge in [0.05, 0.1) is 6.20 Å². The molecule has 0 spiro atoms. The first kappa shape index (κ1) is 19.5. The molecule has 0 unspecified atom stereocenters. The summed E-state index contributed by atoms with van der Waals surface area (Å²) in [6.45, 7) is 4.13. The highest BCUT2D eigenvalue weighted by atomic mass is 16.4. The van der Waals surface area contributed by atoms with E-state index in [1.807, 2.05) is 45.0 Å². The fourth-order valence-electron chi connectivity index (χ4n) is 3.97. The van der Waals surface area contributed by atoms with E-state index in [0.717, 1.165) is 37.3 Å². The van der Waals surface area contributed by atoms with Crippen molar-refractivity contribution in [3.8, 4) is 11.3 Å². The van der Waals surface area contributed by atoms with Crippen LogP contribution in [0, 0.1) is 0 Å². The Labute approximate surface area is 171 Å². The normalized spacial score (nSPS) is 17.4. The lowest BCUT2D eigenvalue weighted by molar-refractivity contribution is -0.132. The molecular weight excluding hydrogens is 368 g/mol. The molecule has 1 aromatic carbocycles. The largest absolute Gasteiger partial charge is 0.441 e. The molecule has 0 N–H and O–H groups in total. The Balaban J connectivity index is 1.23. The summed E-state index contributed by atoms with van der Waals surface area (Å²) in [7, 11) is 0. The van der Waals surface area contributed by atoms with Crippen molar-refractivity contribution in [1.29, 1.82) is 0 Å². The minimum Gasteiger partial charge on any atom is -0.441 e. The van der Waals surface area contributed by atoms with Gasteiger partial charge in [-0.2, -0.15) is 0 Å². The van der Waals surface area contributed by atoms with E-state index in [1.54, 1.807) is 6.20 Å². The smallest absolute Gasteiger partial charge is 0.320 e. The molecule has 2 aromatic rings. The van der Waals surface area contributed by atoms with Crippen molar-refractivity contribution in [3.05, 3.63) is 42.4 Å². The third-order valence-corrected chi connectivity index (χ3v) is 5.69. The maximum Gasteiger partial charge on any atom is 0.320 e. The standard InChI is InChI=1S/C22H28N4O3/c27-21(10-9-20-23-17-19(29-20)18-7-3-1-4-8-18)24-13-15-26(16-14-24)22(28)25-11-5-2-6-12-25/h1,3-4,7-8,17H,2,5-6,9-16H2. The Morgan fingerprint density at radius 2 is 1.52 bits per heavy atom. The van der Waals surface area contributed by atoms with E-state index < -0.39 is 0 Å². The first-order valence-corrected chi connectivity index (χ1v) is 10.5. The molecule has 2 fully saturated rings. The lowest BCUT2D eigenvalue weighted by atomic mass is 10.1. The third kappa shape index (κ3) is 4.78. The number of amides is 3. The van der Waals surface area contributed by atoms with Gasteiger partial charge in [0.2, 0.25) is 5.91 Å². The van der Waals surface area contributed by atoms with E-state index in [0.29, 0.717) is 44.9 Å². The maximum absolute atomic E-state index is 12.6. The van der Waals surface area contributed by atoms with Gasteiger partial charge >= 0.3 is 6.03 Å². The fraction of sp³-hybridized carbons (Fsp3) is 0.500. The molecule has 4 rings (SSSR count). The van der Waals surface area contributed by atoms with Crippen molar-refractivity contribution in [1.82, 2.24) is 19.7 Å². The molecule has 29 heavy (non-hydrogen) atoms.